The van der Waals surface area contributed by atoms with E-state index in [-0.39, 0.29) is 5.63 Å². The summed E-state index contributed by atoms with van der Waals surface area (Å²) < 4.78 is 4.91. The molecule has 0 aliphatic carbocycles. The lowest BCUT2D eigenvalue weighted by atomic mass is 10.2. The highest BCUT2D eigenvalue weighted by molar-refractivity contribution is 5.81. The molecule has 0 fully saturated rings. The van der Waals surface area contributed by atoms with Gasteiger partial charge in [0.2, 0.25) is 0 Å². The molecule has 2 rings (SSSR count). The molecule has 0 saturated carbocycles. The van der Waals surface area contributed by atoms with Crippen molar-refractivity contribution in [1.29, 1.82) is 0 Å². The van der Waals surface area contributed by atoms with Crippen molar-refractivity contribution in [3.05, 3.63) is 70.8 Å². The molecular formula is C14H12O2. The Morgan fingerprint density at radius 1 is 0.875 bits per heavy atom. The first-order chi connectivity index (χ1) is 7.77. The van der Waals surface area contributed by atoms with Crippen molar-refractivity contribution >= 4 is 10.8 Å². The minimum Gasteiger partial charge on any atom is -0.431 e. The second kappa shape index (κ2) is 4.62. The van der Waals surface area contributed by atoms with Crippen LogP contribution in [0.2, 0.25) is 0 Å². The molecule has 0 N–H and O–H groups in total. The Kier molecular flexibility index (Phi) is 3.01. The van der Waals surface area contributed by atoms with Crippen LogP contribution in [0.25, 0.3) is 10.8 Å². The van der Waals surface area contributed by atoms with Crippen LogP contribution in [0.1, 0.15) is 5.56 Å². The molecular weight excluding hydrogens is 200 g/mol. The van der Waals surface area contributed by atoms with E-state index in [1.165, 1.54) is 6.26 Å². The Balaban J connectivity index is 2.85. The van der Waals surface area contributed by atoms with E-state index in [0.29, 0.717) is 5.56 Å². The van der Waals surface area contributed by atoms with E-state index >= 15 is 0 Å². The van der Waals surface area contributed by atoms with Gasteiger partial charge in [-0.15, -0.1) is 0 Å². The van der Waals surface area contributed by atoms with Gasteiger partial charge in [0.05, 0.1) is 6.26 Å². The Hall–Kier alpha value is -2.09. The summed E-state index contributed by atoms with van der Waals surface area (Å²) in [6.45, 7) is 1.74. The molecule has 2 heteroatoms. The van der Waals surface area contributed by atoms with Gasteiger partial charge in [0.1, 0.15) is 0 Å². The van der Waals surface area contributed by atoms with Crippen LogP contribution in [-0.2, 0) is 0 Å². The molecule has 0 aliphatic rings. The van der Waals surface area contributed by atoms with Crippen molar-refractivity contribution in [2.24, 2.45) is 0 Å². The Morgan fingerprint density at radius 3 is 2.25 bits per heavy atom. The minimum absolute atomic E-state index is 0.319. The van der Waals surface area contributed by atoms with Crippen LogP contribution < -0.4 is 5.63 Å². The predicted molar refractivity (Wildman–Crippen MR) is 64.8 cm³/mol. The average molecular weight is 212 g/mol. The number of fused-ring (bicyclic) bond motifs is 1. The fourth-order valence-electron chi connectivity index (χ4n) is 1.43. The average Bonchev–Trinajstić information content (AvgIpc) is 2.32. The third kappa shape index (κ3) is 2.28. The summed E-state index contributed by atoms with van der Waals surface area (Å²) >= 11 is 0. The molecule has 0 unspecified atom stereocenters. The molecule has 80 valence electrons. The summed E-state index contributed by atoms with van der Waals surface area (Å²) in [5.41, 5.74) is 0.265. The van der Waals surface area contributed by atoms with E-state index in [2.05, 4.69) is 0 Å². The summed E-state index contributed by atoms with van der Waals surface area (Å²) in [5.74, 6) is 0. The summed E-state index contributed by atoms with van der Waals surface area (Å²) in [4.78, 5) is 11.4. The second-order valence-electron chi connectivity index (χ2n) is 3.55. The van der Waals surface area contributed by atoms with Crippen molar-refractivity contribution in [3.8, 4) is 0 Å². The van der Waals surface area contributed by atoms with E-state index in [1.54, 1.807) is 19.1 Å². The molecule has 0 aliphatic heterocycles. The standard InChI is InChI=1S/C14H12O2/c1-11-8-9-13-6-3-2-5-12(13)7-4-10-16-14(11)15/h2-10H,1H3. The van der Waals surface area contributed by atoms with E-state index in [0.717, 1.165) is 10.8 Å². The molecule has 1 heterocycles. The zero-order valence-electron chi connectivity index (χ0n) is 9.01. The third-order valence-electron chi connectivity index (χ3n) is 2.36. The fourth-order valence-corrected chi connectivity index (χ4v) is 1.43. The van der Waals surface area contributed by atoms with Gasteiger partial charge in [0.25, 0.3) is 0 Å². The smallest absolute Gasteiger partial charge is 0.338 e. The number of benzene rings is 1. The topological polar surface area (TPSA) is 30.2 Å². The highest BCUT2D eigenvalue weighted by Gasteiger charge is 1.89. The van der Waals surface area contributed by atoms with Gasteiger partial charge >= 0.3 is 5.63 Å². The maximum atomic E-state index is 11.4. The lowest BCUT2D eigenvalue weighted by Gasteiger charge is -1.91. The summed E-state index contributed by atoms with van der Waals surface area (Å²) in [6.07, 6.45) is 1.40. The number of hydrogen-bond donors (Lipinski definition) is 0. The normalized spacial score (nSPS) is 9.81. The van der Waals surface area contributed by atoms with E-state index < -0.39 is 0 Å². The molecule has 1 aromatic heterocycles. The van der Waals surface area contributed by atoms with Crippen molar-refractivity contribution in [3.63, 3.8) is 0 Å². The number of hydrogen-bond acceptors (Lipinski definition) is 2. The van der Waals surface area contributed by atoms with Crippen LogP contribution in [0.5, 0.6) is 0 Å². The first-order valence-corrected chi connectivity index (χ1v) is 5.09. The molecule has 0 amide bonds. The highest BCUT2D eigenvalue weighted by atomic mass is 16.4. The Labute approximate surface area is 93.5 Å². The van der Waals surface area contributed by atoms with Gasteiger partial charge in [-0.25, -0.2) is 4.79 Å². The molecule has 0 radical (unpaired) electrons. The lowest BCUT2D eigenvalue weighted by Crippen LogP contribution is -1.97. The predicted octanol–water partition coefficient (Wildman–Crippen LogP) is 3.23. The van der Waals surface area contributed by atoms with Gasteiger partial charge in [-0.1, -0.05) is 42.5 Å². The molecule has 0 atom stereocenters. The highest BCUT2D eigenvalue weighted by Crippen LogP contribution is 2.09. The van der Waals surface area contributed by atoms with Crippen molar-refractivity contribution in [1.82, 2.24) is 0 Å². The largest absolute Gasteiger partial charge is 0.431 e. The Bertz CT molecular complexity index is 610. The van der Waals surface area contributed by atoms with Crippen LogP contribution in [0.3, 0.4) is 0 Å². The van der Waals surface area contributed by atoms with Crippen molar-refractivity contribution < 1.29 is 4.42 Å². The van der Waals surface area contributed by atoms with E-state index in [9.17, 15) is 4.79 Å². The lowest BCUT2D eigenvalue weighted by molar-refractivity contribution is 0.510. The number of aryl methyl sites for hydroxylation is 1. The molecule has 2 nitrogen and oxygen atoms in total. The molecule has 1 aromatic carbocycles. The maximum Gasteiger partial charge on any atom is 0.338 e. The van der Waals surface area contributed by atoms with Gasteiger partial charge in [0.15, 0.2) is 0 Å². The first-order valence-electron chi connectivity index (χ1n) is 5.09. The second-order valence-corrected chi connectivity index (χ2v) is 3.55. The molecule has 0 saturated heterocycles. The summed E-state index contributed by atoms with van der Waals surface area (Å²) in [6, 6.07) is 15.3. The number of rotatable bonds is 0. The zero-order valence-corrected chi connectivity index (χ0v) is 9.01. The van der Waals surface area contributed by atoms with E-state index in [4.69, 9.17) is 4.42 Å². The van der Waals surface area contributed by atoms with Gasteiger partial charge in [-0.3, -0.25) is 0 Å². The molecule has 16 heavy (non-hydrogen) atoms. The van der Waals surface area contributed by atoms with Gasteiger partial charge in [-0.05, 0) is 23.8 Å². The van der Waals surface area contributed by atoms with Gasteiger partial charge < -0.3 is 4.42 Å². The van der Waals surface area contributed by atoms with E-state index in [1.807, 2.05) is 36.4 Å². The Morgan fingerprint density at radius 2 is 1.50 bits per heavy atom. The first kappa shape index (κ1) is 10.4. The maximum absolute atomic E-state index is 11.4. The van der Waals surface area contributed by atoms with Crippen molar-refractivity contribution in [2.45, 2.75) is 6.92 Å². The molecule has 0 bridgehead atoms. The SMILES string of the molecule is Cc1ccc2ccccc2cccoc1=O. The third-order valence-corrected chi connectivity index (χ3v) is 2.36. The quantitative estimate of drug-likeness (QED) is 0.671. The zero-order chi connectivity index (χ0) is 11.4. The monoisotopic (exact) mass is 212 g/mol. The van der Waals surface area contributed by atoms with Crippen molar-refractivity contribution in [2.75, 3.05) is 0 Å². The molecule has 0 spiro atoms. The summed E-state index contributed by atoms with van der Waals surface area (Å²) in [7, 11) is 0. The summed E-state index contributed by atoms with van der Waals surface area (Å²) in [5, 5.41) is 2.18. The van der Waals surface area contributed by atoms with Crippen LogP contribution >= 0.6 is 0 Å². The fraction of sp³-hybridized carbons (Fsp3) is 0.0714. The van der Waals surface area contributed by atoms with Gasteiger partial charge in [-0.2, -0.15) is 0 Å². The molecule has 2 aromatic rings. The van der Waals surface area contributed by atoms with Crippen LogP contribution in [-0.4, -0.2) is 0 Å². The van der Waals surface area contributed by atoms with Crippen LogP contribution in [0.4, 0.5) is 0 Å². The van der Waals surface area contributed by atoms with Gasteiger partial charge in [0, 0.05) is 5.56 Å². The minimum atomic E-state index is -0.319. The van der Waals surface area contributed by atoms with Crippen LogP contribution in [0.15, 0.2) is 64.0 Å². The van der Waals surface area contributed by atoms with Crippen LogP contribution in [0, 0.1) is 6.92 Å².